The summed E-state index contributed by atoms with van der Waals surface area (Å²) in [7, 11) is 0. The lowest BCUT2D eigenvalue weighted by molar-refractivity contribution is -0.141. The summed E-state index contributed by atoms with van der Waals surface area (Å²) in [6.45, 7) is 0. The summed E-state index contributed by atoms with van der Waals surface area (Å²) in [5.41, 5.74) is 3.91. The maximum absolute atomic E-state index is 12.5. The van der Waals surface area contributed by atoms with Crippen LogP contribution in [-0.4, -0.2) is 15.7 Å². The molecule has 1 heterocycles. The van der Waals surface area contributed by atoms with Gasteiger partial charge in [0.15, 0.2) is 5.69 Å². The zero-order chi connectivity index (χ0) is 13.3. The van der Waals surface area contributed by atoms with Crippen LogP contribution in [0.25, 0.3) is 5.69 Å². The molecule has 0 saturated heterocycles. The summed E-state index contributed by atoms with van der Waals surface area (Å²) < 4.78 is 38.5. The van der Waals surface area contributed by atoms with Gasteiger partial charge in [-0.25, -0.2) is 4.68 Å². The first-order valence-electron chi connectivity index (χ1n) is 4.92. The van der Waals surface area contributed by atoms with Crippen molar-refractivity contribution in [2.75, 3.05) is 0 Å². The maximum atomic E-state index is 12.5. The van der Waals surface area contributed by atoms with Crippen molar-refractivity contribution in [1.82, 2.24) is 9.78 Å². The molecule has 0 saturated carbocycles. The fourth-order valence-corrected chi connectivity index (χ4v) is 1.46. The molecular weight excluding hydrogens is 247 g/mol. The monoisotopic (exact) mass is 255 g/mol. The van der Waals surface area contributed by atoms with Crippen molar-refractivity contribution in [2.45, 2.75) is 6.18 Å². The highest BCUT2D eigenvalue weighted by molar-refractivity contribution is 5.91. The largest absolute Gasteiger partial charge is 0.435 e. The average Bonchev–Trinajstić information content (AvgIpc) is 2.74. The van der Waals surface area contributed by atoms with E-state index in [4.69, 9.17) is 5.73 Å². The second-order valence-electron chi connectivity index (χ2n) is 3.52. The summed E-state index contributed by atoms with van der Waals surface area (Å²) in [5.74, 6) is -0.971. The fraction of sp³-hybridized carbons (Fsp3) is 0.0909. The molecule has 18 heavy (non-hydrogen) atoms. The van der Waals surface area contributed by atoms with Crippen LogP contribution in [0.3, 0.4) is 0 Å². The predicted molar refractivity (Wildman–Crippen MR) is 57.1 cm³/mol. The van der Waals surface area contributed by atoms with Crippen LogP contribution >= 0.6 is 0 Å². The molecule has 1 amide bonds. The summed E-state index contributed by atoms with van der Waals surface area (Å²) >= 11 is 0. The van der Waals surface area contributed by atoms with Gasteiger partial charge in [-0.2, -0.15) is 18.3 Å². The molecule has 0 radical (unpaired) electrons. The predicted octanol–water partition coefficient (Wildman–Crippen LogP) is 1.99. The quantitative estimate of drug-likeness (QED) is 0.892. The van der Waals surface area contributed by atoms with Crippen LogP contribution in [0, 0.1) is 0 Å². The van der Waals surface area contributed by atoms with E-state index >= 15 is 0 Å². The number of aromatic nitrogens is 2. The highest BCUT2D eigenvalue weighted by Crippen LogP contribution is 2.29. The third-order valence-corrected chi connectivity index (χ3v) is 2.25. The molecule has 0 aliphatic heterocycles. The van der Waals surface area contributed by atoms with Gasteiger partial charge in [-0.3, -0.25) is 4.79 Å². The average molecular weight is 255 g/mol. The molecule has 2 rings (SSSR count). The molecule has 0 atom stereocenters. The molecular formula is C11H8F3N3O. The van der Waals surface area contributed by atoms with Crippen LogP contribution in [-0.2, 0) is 6.18 Å². The topological polar surface area (TPSA) is 60.9 Å². The Hall–Kier alpha value is -2.31. The second kappa shape index (κ2) is 4.17. The third kappa shape index (κ3) is 2.20. The lowest BCUT2D eigenvalue weighted by Gasteiger charge is -2.04. The Morgan fingerprint density at radius 3 is 2.33 bits per heavy atom. The van der Waals surface area contributed by atoms with Gasteiger partial charge in [0.2, 0.25) is 0 Å². The number of carbonyl (C=O) groups excluding carboxylic acids is 1. The molecule has 94 valence electrons. The number of para-hydroxylation sites is 1. The molecule has 0 aliphatic carbocycles. The summed E-state index contributed by atoms with van der Waals surface area (Å²) in [6.07, 6.45) is -4.62. The van der Waals surface area contributed by atoms with Gasteiger partial charge in [0.1, 0.15) is 5.69 Å². The zero-order valence-corrected chi connectivity index (χ0v) is 8.98. The van der Waals surface area contributed by atoms with Crippen molar-refractivity contribution in [3.63, 3.8) is 0 Å². The van der Waals surface area contributed by atoms with Gasteiger partial charge in [-0.05, 0) is 12.1 Å². The number of benzene rings is 1. The van der Waals surface area contributed by atoms with Gasteiger partial charge in [0, 0.05) is 6.07 Å². The van der Waals surface area contributed by atoms with Crippen molar-refractivity contribution in [3.8, 4) is 5.69 Å². The van der Waals surface area contributed by atoms with Gasteiger partial charge in [-0.1, -0.05) is 18.2 Å². The van der Waals surface area contributed by atoms with E-state index < -0.39 is 17.8 Å². The maximum Gasteiger partial charge on any atom is 0.435 e. The van der Waals surface area contributed by atoms with Crippen molar-refractivity contribution in [1.29, 1.82) is 0 Å². The van der Waals surface area contributed by atoms with Crippen molar-refractivity contribution >= 4 is 5.91 Å². The van der Waals surface area contributed by atoms with Crippen LogP contribution < -0.4 is 5.73 Å². The van der Waals surface area contributed by atoms with E-state index in [-0.39, 0.29) is 5.69 Å². The molecule has 0 aliphatic rings. The fourth-order valence-electron chi connectivity index (χ4n) is 1.46. The number of alkyl halides is 3. The van der Waals surface area contributed by atoms with Crippen molar-refractivity contribution < 1.29 is 18.0 Å². The first-order chi connectivity index (χ1) is 8.39. The highest BCUT2D eigenvalue weighted by Gasteiger charge is 2.35. The molecule has 1 aromatic heterocycles. The molecule has 2 N–H and O–H groups in total. The van der Waals surface area contributed by atoms with E-state index in [9.17, 15) is 18.0 Å². The van der Waals surface area contributed by atoms with Crippen LogP contribution in [0.2, 0.25) is 0 Å². The minimum atomic E-state index is -4.62. The molecule has 7 heteroatoms. The van der Waals surface area contributed by atoms with Crippen molar-refractivity contribution in [3.05, 3.63) is 47.8 Å². The Balaban J connectivity index is 2.60. The van der Waals surface area contributed by atoms with E-state index in [2.05, 4.69) is 5.10 Å². The van der Waals surface area contributed by atoms with Crippen LogP contribution in [0.5, 0.6) is 0 Å². The Morgan fingerprint density at radius 1 is 1.22 bits per heavy atom. The van der Waals surface area contributed by atoms with E-state index in [0.717, 1.165) is 4.68 Å². The normalized spacial score (nSPS) is 11.5. The Labute approximate surface area is 99.8 Å². The number of amides is 1. The standard InChI is InChI=1S/C11H8F3N3O/c12-11(13,14)9-6-8(10(15)18)17(16-9)7-4-2-1-3-5-7/h1-6H,(H2,15,18). The van der Waals surface area contributed by atoms with E-state index in [0.29, 0.717) is 11.8 Å². The molecule has 1 aromatic carbocycles. The van der Waals surface area contributed by atoms with Crippen molar-refractivity contribution in [2.24, 2.45) is 5.73 Å². The molecule has 0 fully saturated rings. The first kappa shape index (κ1) is 12.2. The number of primary amides is 1. The van der Waals surface area contributed by atoms with E-state index in [1.54, 1.807) is 18.2 Å². The summed E-state index contributed by atoms with van der Waals surface area (Å²) in [4.78, 5) is 11.1. The van der Waals surface area contributed by atoms with Crippen LogP contribution in [0.4, 0.5) is 13.2 Å². The Morgan fingerprint density at radius 2 is 1.83 bits per heavy atom. The number of halogens is 3. The summed E-state index contributed by atoms with van der Waals surface area (Å²) in [6, 6.07) is 8.63. The van der Waals surface area contributed by atoms with Gasteiger partial charge in [0.25, 0.3) is 5.91 Å². The number of hydrogen-bond donors (Lipinski definition) is 1. The van der Waals surface area contributed by atoms with Gasteiger partial charge in [0.05, 0.1) is 5.69 Å². The smallest absolute Gasteiger partial charge is 0.364 e. The molecule has 0 unspecified atom stereocenters. The van der Waals surface area contributed by atoms with E-state index in [1.165, 1.54) is 12.1 Å². The molecule has 4 nitrogen and oxygen atoms in total. The SMILES string of the molecule is NC(=O)c1cc(C(F)(F)F)nn1-c1ccccc1. The van der Waals surface area contributed by atoms with Crippen LogP contribution in [0.15, 0.2) is 36.4 Å². The van der Waals surface area contributed by atoms with Gasteiger partial charge >= 0.3 is 6.18 Å². The number of nitrogens with two attached hydrogens (primary N) is 1. The molecule has 0 bridgehead atoms. The number of carbonyl (C=O) groups is 1. The third-order valence-electron chi connectivity index (χ3n) is 2.25. The first-order valence-corrected chi connectivity index (χ1v) is 4.92. The van der Waals surface area contributed by atoms with Gasteiger partial charge < -0.3 is 5.73 Å². The minimum absolute atomic E-state index is 0.312. The second-order valence-corrected chi connectivity index (χ2v) is 3.52. The summed E-state index contributed by atoms with van der Waals surface area (Å²) in [5, 5.41) is 3.36. The van der Waals surface area contributed by atoms with Crippen LogP contribution in [0.1, 0.15) is 16.2 Å². The zero-order valence-electron chi connectivity index (χ0n) is 8.98. The highest BCUT2D eigenvalue weighted by atomic mass is 19.4. The Bertz CT molecular complexity index is 575. The number of nitrogens with zero attached hydrogens (tertiary/aromatic N) is 2. The Kier molecular flexibility index (Phi) is 2.82. The van der Waals surface area contributed by atoms with Gasteiger partial charge in [-0.15, -0.1) is 0 Å². The van der Waals surface area contributed by atoms with E-state index in [1.807, 2.05) is 0 Å². The lowest BCUT2D eigenvalue weighted by Crippen LogP contribution is -2.16. The number of rotatable bonds is 2. The lowest BCUT2D eigenvalue weighted by atomic mass is 10.3. The molecule has 0 spiro atoms. The molecule has 2 aromatic rings. The minimum Gasteiger partial charge on any atom is -0.364 e. The number of hydrogen-bond acceptors (Lipinski definition) is 2.